The van der Waals surface area contributed by atoms with Crippen molar-refractivity contribution in [3.63, 3.8) is 0 Å². The molecular formula is C12H14O3. The van der Waals surface area contributed by atoms with Crippen LogP contribution in [-0.2, 0) is 11.2 Å². The second kappa shape index (κ2) is 3.93. The number of benzene rings is 1. The fourth-order valence-corrected chi connectivity index (χ4v) is 2.39. The van der Waals surface area contributed by atoms with E-state index in [-0.39, 0.29) is 18.1 Å². The van der Waals surface area contributed by atoms with Gasteiger partial charge in [0.15, 0.2) is 0 Å². The topological polar surface area (TPSA) is 57.5 Å². The van der Waals surface area contributed by atoms with Crippen LogP contribution in [0.2, 0.25) is 0 Å². The summed E-state index contributed by atoms with van der Waals surface area (Å²) in [6.07, 6.45) is 2.93. The summed E-state index contributed by atoms with van der Waals surface area (Å²) in [4.78, 5) is 10.7. The Labute approximate surface area is 88.4 Å². The fraction of sp³-hybridized carbons (Fsp3) is 0.417. The fourth-order valence-electron chi connectivity index (χ4n) is 2.39. The minimum atomic E-state index is -0.795. The molecule has 1 aliphatic rings. The number of rotatable bonds is 2. The van der Waals surface area contributed by atoms with Crippen LogP contribution in [0.3, 0.4) is 0 Å². The van der Waals surface area contributed by atoms with Crippen molar-refractivity contribution < 1.29 is 15.0 Å². The zero-order valence-corrected chi connectivity index (χ0v) is 8.44. The molecule has 0 radical (unpaired) electrons. The van der Waals surface area contributed by atoms with Gasteiger partial charge in [-0.15, -0.1) is 0 Å². The maximum absolute atomic E-state index is 10.7. The van der Waals surface area contributed by atoms with Gasteiger partial charge in [0.25, 0.3) is 0 Å². The molecule has 15 heavy (non-hydrogen) atoms. The number of carboxylic acids is 1. The number of phenols is 1. The Morgan fingerprint density at radius 3 is 3.00 bits per heavy atom. The van der Waals surface area contributed by atoms with Crippen molar-refractivity contribution >= 4 is 5.97 Å². The smallest absolute Gasteiger partial charge is 0.303 e. The van der Waals surface area contributed by atoms with Gasteiger partial charge in [-0.2, -0.15) is 0 Å². The molecule has 0 aromatic heterocycles. The van der Waals surface area contributed by atoms with Crippen LogP contribution < -0.4 is 0 Å². The molecule has 0 bridgehead atoms. The van der Waals surface area contributed by atoms with Gasteiger partial charge in [0.05, 0.1) is 6.42 Å². The van der Waals surface area contributed by atoms with Gasteiger partial charge >= 0.3 is 5.97 Å². The number of carbonyl (C=O) groups is 1. The van der Waals surface area contributed by atoms with Gasteiger partial charge in [0, 0.05) is 5.56 Å². The standard InChI is InChI=1S/C12H14O3/c13-10-6-2-4-8-3-1-5-9(12(8)10)7-11(14)15/h2,4,6,9,13H,1,3,5,7H2,(H,14,15). The summed E-state index contributed by atoms with van der Waals surface area (Å²) in [5.74, 6) is -0.568. The number of aromatic hydroxyl groups is 1. The van der Waals surface area contributed by atoms with E-state index in [4.69, 9.17) is 5.11 Å². The number of hydrogen-bond donors (Lipinski definition) is 2. The molecule has 1 unspecified atom stereocenters. The minimum Gasteiger partial charge on any atom is -0.508 e. The summed E-state index contributed by atoms with van der Waals surface area (Å²) in [6.45, 7) is 0. The highest BCUT2D eigenvalue weighted by Gasteiger charge is 2.24. The van der Waals surface area contributed by atoms with E-state index in [9.17, 15) is 9.90 Å². The first kappa shape index (κ1) is 10.0. The second-order valence-electron chi connectivity index (χ2n) is 4.04. The Hall–Kier alpha value is -1.51. The Morgan fingerprint density at radius 2 is 2.27 bits per heavy atom. The quantitative estimate of drug-likeness (QED) is 0.780. The first-order chi connectivity index (χ1) is 7.18. The molecule has 0 saturated heterocycles. The normalized spacial score (nSPS) is 19.6. The predicted octanol–water partition coefficient (Wildman–Crippen LogP) is 2.29. The van der Waals surface area contributed by atoms with Crippen molar-refractivity contribution in [2.75, 3.05) is 0 Å². The third-order valence-corrected chi connectivity index (χ3v) is 3.00. The summed E-state index contributed by atoms with van der Waals surface area (Å²) < 4.78 is 0. The molecule has 1 aromatic rings. The number of aliphatic carboxylic acids is 1. The van der Waals surface area contributed by atoms with Gasteiger partial charge in [-0.25, -0.2) is 0 Å². The Kier molecular flexibility index (Phi) is 2.62. The Morgan fingerprint density at radius 1 is 1.47 bits per heavy atom. The van der Waals surface area contributed by atoms with E-state index in [1.54, 1.807) is 6.07 Å². The maximum Gasteiger partial charge on any atom is 0.303 e. The van der Waals surface area contributed by atoms with Gasteiger partial charge in [-0.3, -0.25) is 4.79 Å². The van der Waals surface area contributed by atoms with E-state index >= 15 is 0 Å². The molecule has 3 heteroatoms. The second-order valence-corrected chi connectivity index (χ2v) is 4.04. The Bertz CT molecular complexity index is 384. The monoisotopic (exact) mass is 206 g/mol. The van der Waals surface area contributed by atoms with Crippen molar-refractivity contribution in [1.29, 1.82) is 0 Å². The molecule has 0 amide bonds. The molecule has 2 N–H and O–H groups in total. The third kappa shape index (κ3) is 1.96. The zero-order valence-electron chi connectivity index (χ0n) is 8.44. The molecule has 1 aliphatic carbocycles. The molecule has 1 aromatic carbocycles. The number of aryl methyl sites for hydroxylation is 1. The zero-order chi connectivity index (χ0) is 10.8. The summed E-state index contributed by atoms with van der Waals surface area (Å²) in [5.41, 5.74) is 1.96. The van der Waals surface area contributed by atoms with Crippen LogP contribution in [0, 0.1) is 0 Å². The molecule has 0 aliphatic heterocycles. The third-order valence-electron chi connectivity index (χ3n) is 3.00. The lowest BCUT2D eigenvalue weighted by Crippen LogP contribution is -2.13. The molecule has 0 saturated carbocycles. The number of phenolic OH excluding ortho intramolecular Hbond substituents is 1. The van der Waals surface area contributed by atoms with Crippen molar-refractivity contribution in [3.05, 3.63) is 29.3 Å². The highest BCUT2D eigenvalue weighted by atomic mass is 16.4. The van der Waals surface area contributed by atoms with Crippen molar-refractivity contribution in [1.82, 2.24) is 0 Å². The number of hydrogen-bond acceptors (Lipinski definition) is 2. The van der Waals surface area contributed by atoms with Gasteiger partial charge in [0.2, 0.25) is 0 Å². The highest BCUT2D eigenvalue weighted by molar-refractivity contribution is 5.68. The highest BCUT2D eigenvalue weighted by Crippen LogP contribution is 2.39. The lowest BCUT2D eigenvalue weighted by atomic mass is 9.80. The number of fused-ring (bicyclic) bond motifs is 1. The van der Waals surface area contributed by atoms with Crippen molar-refractivity contribution in [2.24, 2.45) is 0 Å². The van der Waals surface area contributed by atoms with Crippen LogP contribution in [0.25, 0.3) is 0 Å². The molecular weight excluding hydrogens is 192 g/mol. The molecule has 1 atom stereocenters. The molecule has 0 heterocycles. The van der Waals surface area contributed by atoms with E-state index in [1.807, 2.05) is 12.1 Å². The van der Waals surface area contributed by atoms with Crippen LogP contribution in [0.4, 0.5) is 0 Å². The summed E-state index contributed by atoms with van der Waals surface area (Å²) in [7, 11) is 0. The van der Waals surface area contributed by atoms with Gasteiger partial charge in [-0.1, -0.05) is 12.1 Å². The van der Waals surface area contributed by atoms with Crippen LogP contribution in [-0.4, -0.2) is 16.2 Å². The lowest BCUT2D eigenvalue weighted by Gasteiger charge is -2.24. The molecule has 2 rings (SSSR count). The summed E-state index contributed by atoms with van der Waals surface area (Å²) >= 11 is 0. The molecule has 3 nitrogen and oxygen atoms in total. The minimum absolute atomic E-state index is 0.0209. The number of carboxylic acid groups (broad SMARTS) is 1. The SMILES string of the molecule is O=C(O)CC1CCCc2cccc(O)c21. The summed E-state index contributed by atoms with van der Waals surface area (Å²) in [5, 5.41) is 18.5. The van der Waals surface area contributed by atoms with Crippen molar-refractivity contribution in [3.8, 4) is 5.75 Å². The van der Waals surface area contributed by atoms with Gasteiger partial charge in [0.1, 0.15) is 5.75 Å². The largest absolute Gasteiger partial charge is 0.508 e. The summed E-state index contributed by atoms with van der Waals surface area (Å²) in [6, 6.07) is 5.43. The van der Waals surface area contributed by atoms with Crippen molar-refractivity contribution in [2.45, 2.75) is 31.6 Å². The van der Waals surface area contributed by atoms with Crippen LogP contribution in [0.15, 0.2) is 18.2 Å². The van der Waals surface area contributed by atoms with E-state index in [1.165, 1.54) is 0 Å². The predicted molar refractivity (Wildman–Crippen MR) is 56.0 cm³/mol. The van der Waals surface area contributed by atoms with Crippen LogP contribution in [0.1, 0.15) is 36.3 Å². The lowest BCUT2D eigenvalue weighted by molar-refractivity contribution is -0.137. The molecule has 0 spiro atoms. The maximum atomic E-state index is 10.7. The van der Waals surface area contributed by atoms with Gasteiger partial charge in [-0.05, 0) is 36.8 Å². The molecule has 80 valence electrons. The van der Waals surface area contributed by atoms with E-state index in [0.717, 1.165) is 30.4 Å². The molecule has 0 fully saturated rings. The van der Waals surface area contributed by atoms with E-state index in [2.05, 4.69) is 0 Å². The average molecular weight is 206 g/mol. The van der Waals surface area contributed by atoms with Crippen LogP contribution in [0.5, 0.6) is 5.75 Å². The Balaban J connectivity index is 2.36. The van der Waals surface area contributed by atoms with Gasteiger partial charge < -0.3 is 10.2 Å². The first-order valence-corrected chi connectivity index (χ1v) is 5.21. The first-order valence-electron chi connectivity index (χ1n) is 5.21. The average Bonchev–Trinajstić information content (AvgIpc) is 2.17. The van der Waals surface area contributed by atoms with Crippen LogP contribution >= 0.6 is 0 Å². The van der Waals surface area contributed by atoms with E-state index in [0.29, 0.717) is 0 Å². The van der Waals surface area contributed by atoms with E-state index < -0.39 is 5.97 Å².